The molecule has 1 aliphatic rings. The summed E-state index contributed by atoms with van der Waals surface area (Å²) in [6.45, 7) is 0. The van der Waals surface area contributed by atoms with Crippen molar-refractivity contribution in [3.8, 4) is 0 Å². The van der Waals surface area contributed by atoms with Crippen LogP contribution in [-0.4, -0.2) is 26.4 Å². The van der Waals surface area contributed by atoms with Crippen LogP contribution < -0.4 is 10.5 Å². The number of nitrogens with two attached hydrogens (primary N) is 1. The van der Waals surface area contributed by atoms with Gasteiger partial charge in [0.1, 0.15) is 0 Å². The Bertz CT molecular complexity index is 957. The number of anilines is 1. The number of esters is 1. The van der Waals surface area contributed by atoms with E-state index in [9.17, 15) is 18.0 Å². The molecule has 1 aliphatic heterocycles. The van der Waals surface area contributed by atoms with Gasteiger partial charge >= 0.3 is 5.97 Å². The van der Waals surface area contributed by atoms with E-state index < -0.39 is 28.0 Å². The third-order valence-corrected chi connectivity index (χ3v) is 4.85. The number of carbonyl (C=O) groups is 2. The molecule has 9 heteroatoms. The van der Waals surface area contributed by atoms with Gasteiger partial charge in [-0.15, -0.1) is 0 Å². The highest BCUT2D eigenvalue weighted by Gasteiger charge is 2.31. The van der Waals surface area contributed by atoms with Crippen LogP contribution in [0, 0.1) is 0 Å². The normalized spacial score (nSPS) is 16.7. The van der Waals surface area contributed by atoms with Crippen LogP contribution in [-0.2, 0) is 26.0 Å². The topological polar surface area (TPSA) is 116 Å². The number of halogens is 1. The lowest BCUT2D eigenvalue weighted by Gasteiger charge is -2.24. The van der Waals surface area contributed by atoms with Crippen molar-refractivity contribution in [1.29, 1.82) is 0 Å². The zero-order chi connectivity index (χ0) is 18.2. The van der Waals surface area contributed by atoms with E-state index in [0.29, 0.717) is 21.8 Å². The lowest BCUT2D eigenvalue weighted by Crippen LogP contribution is -2.38. The predicted molar refractivity (Wildman–Crippen MR) is 90.8 cm³/mol. The molecule has 0 radical (unpaired) electrons. The van der Waals surface area contributed by atoms with Gasteiger partial charge in [-0.25, -0.2) is 18.4 Å². The molecule has 3 N–H and O–H groups in total. The van der Waals surface area contributed by atoms with Gasteiger partial charge < -0.3 is 10.1 Å². The van der Waals surface area contributed by atoms with Crippen LogP contribution in [0.4, 0.5) is 5.69 Å². The highest BCUT2D eigenvalue weighted by atomic mass is 35.5. The fourth-order valence-electron chi connectivity index (χ4n) is 2.45. The Balaban J connectivity index is 1.74. The van der Waals surface area contributed by atoms with Crippen molar-refractivity contribution >= 4 is 39.2 Å². The predicted octanol–water partition coefficient (Wildman–Crippen LogP) is 1.71. The summed E-state index contributed by atoms with van der Waals surface area (Å²) >= 11 is 5.85. The molecular formula is C16H13ClN2O5S. The fraction of sp³-hybridized carbons (Fsp3) is 0.125. The van der Waals surface area contributed by atoms with Crippen molar-refractivity contribution in [3.63, 3.8) is 0 Å². The number of ether oxygens (including phenoxy) is 1. The van der Waals surface area contributed by atoms with Gasteiger partial charge in [-0.2, -0.15) is 0 Å². The number of cyclic esters (lactones) is 1. The van der Waals surface area contributed by atoms with E-state index in [1.165, 1.54) is 30.3 Å². The number of sulfonamides is 1. The standard InChI is InChI=1S/C16H13ClN2O5S/c17-10-2-1-9-7-14(24-16(21)13(9)8-10)15(20)19-11-3-5-12(6-4-11)25(18,22)23/h1-6,8,14H,7H2,(H,19,20)(H2,18,22,23). The summed E-state index contributed by atoms with van der Waals surface area (Å²) in [5.74, 6) is -1.13. The lowest BCUT2D eigenvalue weighted by molar-refractivity contribution is -0.125. The summed E-state index contributed by atoms with van der Waals surface area (Å²) in [6.07, 6.45) is -0.765. The summed E-state index contributed by atoms with van der Waals surface area (Å²) in [7, 11) is -3.81. The van der Waals surface area contributed by atoms with Gasteiger partial charge in [0.05, 0.1) is 10.5 Å². The first-order chi connectivity index (χ1) is 11.7. The van der Waals surface area contributed by atoms with Crippen LogP contribution in [0.15, 0.2) is 47.4 Å². The van der Waals surface area contributed by atoms with Crippen molar-refractivity contribution in [3.05, 3.63) is 58.6 Å². The third-order valence-electron chi connectivity index (χ3n) is 3.69. The molecule has 130 valence electrons. The second-order valence-corrected chi connectivity index (χ2v) is 7.46. The summed E-state index contributed by atoms with van der Waals surface area (Å²) < 4.78 is 27.6. The van der Waals surface area contributed by atoms with Crippen molar-refractivity contribution in [2.24, 2.45) is 5.14 Å². The zero-order valence-corrected chi connectivity index (χ0v) is 14.3. The summed E-state index contributed by atoms with van der Waals surface area (Å²) in [5, 5.41) is 8.00. The fourth-order valence-corrected chi connectivity index (χ4v) is 3.14. The Morgan fingerprint density at radius 1 is 1.20 bits per heavy atom. The molecule has 0 aromatic heterocycles. The molecule has 0 bridgehead atoms. The quantitative estimate of drug-likeness (QED) is 0.786. The largest absolute Gasteiger partial charge is 0.448 e. The monoisotopic (exact) mass is 380 g/mol. The van der Waals surface area contributed by atoms with Crippen LogP contribution in [0.5, 0.6) is 0 Å². The molecule has 1 unspecified atom stereocenters. The number of nitrogens with one attached hydrogen (secondary N) is 1. The molecular weight excluding hydrogens is 368 g/mol. The molecule has 1 atom stereocenters. The maximum atomic E-state index is 12.3. The zero-order valence-electron chi connectivity index (χ0n) is 12.7. The van der Waals surface area contributed by atoms with E-state index in [0.717, 1.165) is 0 Å². The molecule has 0 spiro atoms. The Labute approximate surface area is 148 Å². The Morgan fingerprint density at radius 3 is 2.52 bits per heavy atom. The minimum atomic E-state index is -3.81. The summed E-state index contributed by atoms with van der Waals surface area (Å²) in [6, 6.07) is 10.2. The van der Waals surface area contributed by atoms with Gasteiger partial charge in [-0.05, 0) is 42.0 Å². The lowest BCUT2D eigenvalue weighted by atomic mass is 9.98. The smallest absolute Gasteiger partial charge is 0.339 e. The molecule has 25 heavy (non-hydrogen) atoms. The minimum Gasteiger partial charge on any atom is -0.448 e. The highest BCUT2D eigenvalue weighted by Crippen LogP contribution is 2.25. The van der Waals surface area contributed by atoms with Crippen LogP contribution in [0.1, 0.15) is 15.9 Å². The number of hydrogen-bond donors (Lipinski definition) is 2. The number of benzene rings is 2. The van der Waals surface area contributed by atoms with Crippen LogP contribution in [0.3, 0.4) is 0 Å². The number of primary sulfonamides is 1. The Hall–Kier alpha value is -2.42. The van der Waals surface area contributed by atoms with E-state index in [4.69, 9.17) is 21.5 Å². The van der Waals surface area contributed by atoms with E-state index in [2.05, 4.69) is 5.32 Å². The molecule has 0 saturated heterocycles. The molecule has 7 nitrogen and oxygen atoms in total. The average molecular weight is 381 g/mol. The first-order valence-corrected chi connectivity index (χ1v) is 9.09. The maximum absolute atomic E-state index is 12.3. The first-order valence-electron chi connectivity index (χ1n) is 7.17. The molecule has 1 heterocycles. The third kappa shape index (κ3) is 3.81. The molecule has 1 amide bonds. The maximum Gasteiger partial charge on any atom is 0.339 e. The molecule has 2 aromatic carbocycles. The number of fused-ring (bicyclic) bond motifs is 1. The van der Waals surface area contributed by atoms with Gasteiger partial charge in [-0.3, -0.25) is 4.79 Å². The molecule has 0 saturated carbocycles. The van der Waals surface area contributed by atoms with Crippen molar-refractivity contribution < 1.29 is 22.7 Å². The SMILES string of the molecule is NS(=O)(=O)c1ccc(NC(=O)C2Cc3ccc(Cl)cc3C(=O)O2)cc1. The number of hydrogen-bond acceptors (Lipinski definition) is 5. The van der Waals surface area contributed by atoms with Gasteiger partial charge in [0, 0.05) is 17.1 Å². The van der Waals surface area contributed by atoms with Crippen molar-refractivity contribution in [1.82, 2.24) is 0 Å². The van der Waals surface area contributed by atoms with Crippen molar-refractivity contribution in [2.45, 2.75) is 17.4 Å². The molecule has 3 rings (SSSR count). The van der Waals surface area contributed by atoms with Gasteiger partial charge in [-0.1, -0.05) is 17.7 Å². The molecule has 0 aliphatic carbocycles. The molecule has 0 fully saturated rings. The second kappa shape index (κ2) is 6.47. The van der Waals surface area contributed by atoms with E-state index in [-0.39, 0.29) is 11.3 Å². The van der Waals surface area contributed by atoms with Crippen LogP contribution in [0.2, 0.25) is 5.02 Å². The number of rotatable bonds is 3. The van der Waals surface area contributed by atoms with Gasteiger partial charge in [0.2, 0.25) is 10.0 Å². The second-order valence-electron chi connectivity index (χ2n) is 5.46. The molecule has 2 aromatic rings. The van der Waals surface area contributed by atoms with E-state index in [1.54, 1.807) is 12.1 Å². The average Bonchev–Trinajstić information content (AvgIpc) is 2.55. The summed E-state index contributed by atoms with van der Waals surface area (Å²) in [4.78, 5) is 24.3. The summed E-state index contributed by atoms with van der Waals surface area (Å²) in [5.41, 5.74) is 1.37. The Morgan fingerprint density at radius 2 is 1.88 bits per heavy atom. The van der Waals surface area contributed by atoms with Crippen molar-refractivity contribution in [2.75, 3.05) is 5.32 Å². The number of carbonyl (C=O) groups excluding carboxylic acids is 2. The van der Waals surface area contributed by atoms with Crippen LogP contribution >= 0.6 is 11.6 Å². The van der Waals surface area contributed by atoms with Gasteiger partial charge in [0.25, 0.3) is 5.91 Å². The minimum absolute atomic E-state index is 0.0691. The van der Waals surface area contributed by atoms with Crippen LogP contribution in [0.25, 0.3) is 0 Å². The van der Waals surface area contributed by atoms with E-state index in [1.807, 2.05) is 0 Å². The highest BCUT2D eigenvalue weighted by molar-refractivity contribution is 7.89. The first kappa shape index (κ1) is 17.4. The van der Waals surface area contributed by atoms with E-state index >= 15 is 0 Å². The number of amides is 1. The Kier molecular flexibility index (Phi) is 4.51. The van der Waals surface area contributed by atoms with Gasteiger partial charge in [0.15, 0.2) is 6.10 Å².